The van der Waals surface area contributed by atoms with Crippen LogP contribution in [0.4, 0.5) is 5.69 Å². The molecule has 0 bridgehead atoms. The third-order valence-electron chi connectivity index (χ3n) is 6.59. The van der Waals surface area contributed by atoms with E-state index in [1.807, 2.05) is 60.7 Å². The van der Waals surface area contributed by atoms with Crippen molar-refractivity contribution in [3.05, 3.63) is 154 Å². The lowest BCUT2D eigenvalue weighted by molar-refractivity contribution is -0.605. The molecule has 4 heterocycles. The van der Waals surface area contributed by atoms with E-state index in [-0.39, 0.29) is 17.9 Å². The molecule has 0 radical (unpaired) electrons. The minimum Gasteiger partial charge on any atom is -0.619 e. The summed E-state index contributed by atoms with van der Waals surface area (Å²) in [5.41, 5.74) is 5.49. The van der Waals surface area contributed by atoms with Crippen LogP contribution in [0.1, 0.15) is 16.8 Å². The monoisotopic (exact) mass is 552 g/mol. The molecular formula is C33H24N6O3. The Morgan fingerprint density at radius 1 is 0.929 bits per heavy atom. The van der Waals surface area contributed by atoms with Gasteiger partial charge in [-0.1, -0.05) is 24.3 Å². The molecule has 6 rings (SSSR count). The summed E-state index contributed by atoms with van der Waals surface area (Å²) < 4.78 is 2.25. The summed E-state index contributed by atoms with van der Waals surface area (Å²) in [6.07, 6.45) is 11.2. The summed E-state index contributed by atoms with van der Waals surface area (Å²) in [7, 11) is 0. The predicted octanol–water partition coefficient (Wildman–Crippen LogP) is 4.72. The van der Waals surface area contributed by atoms with Crippen molar-refractivity contribution in [3.8, 4) is 16.8 Å². The summed E-state index contributed by atoms with van der Waals surface area (Å²) in [5.74, 6) is -0.257. The molecule has 1 N–H and O–H groups in total. The van der Waals surface area contributed by atoms with Crippen molar-refractivity contribution in [2.45, 2.75) is 6.42 Å². The fraction of sp³-hybridized carbons (Fsp3) is 0.0303. The Labute approximate surface area is 240 Å². The molecule has 0 aliphatic rings. The van der Waals surface area contributed by atoms with Crippen LogP contribution in [0.5, 0.6) is 0 Å². The first-order chi connectivity index (χ1) is 20.5. The summed E-state index contributed by atoms with van der Waals surface area (Å²) in [6, 6.07) is 25.7. The van der Waals surface area contributed by atoms with E-state index >= 15 is 0 Å². The lowest BCUT2D eigenvalue weighted by Crippen LogP contribution is -2.27. The number of benzene rings is 2. The molecule has 0 fully saturated rings. The zero-order valence-corrected chi connectivity index (χ0v) is 22.3. The molecule has 9 nitrogen and oxygen atoms in total. The molecule has 0 unspecified atom stereocenters. The molecule has 0 aliphatic heterocycles. The van der Waals surface area contributed by atoms with E-state index < -0.39 is 0 Å². The van der Waals surface area contributed by atoms with E-state index in [1.54, 1.807) is 53.5 Å². The summed E-state index contributed by atoms with van der Waals surface area (Å²) >= 11 is 0. The standard InChI is InChI=1S/C33H24N6O3/c40-31(12-11-23-13-16-34-17-14-23)36-27-8-1-6-25(20-27)26-7-2-9-28(21-26)39-32-29(10-3-15-35-32)37-30(33(39)41)19-24-5-4-18-38(42)22-24/h1-18,20-22H,19H2,(H,36,40). The number of rotatable bonds is 7. The molecule has 2 aromatic carbocycles. The molecule has 204 valence electrons. The Kier molecular flexibility index (Phi) is 7.29. The number of nitrogens with zero attached hydrogens (tertiary/aromatic N) is 5. The molecule has 0 atom stereocenters. The van der Waals surface area contributed by atoms with Crippen LogP contribution in [-0.2, 0) is 11.2 Å². The number of aromatic nitrogens is 5. The molecular weight excluding hydrogens is 528 g/mol. The Hall–Kier alpha value is -5.96. The first-order valence-corrected chi connectivity index (χ1v) is 13.2. The van der Waals surface area contributed by atoms with E-state index in [0.29, 0.717) is 38.5 Å². The van der Waals surface area contributed by atoms with Crippen molar-refractivity contribution in [2.24, 2.45) is 0 Å². The first-order valence-electron chi connectivity index (χ1n) is 13.2. The Bertz CT molecular complexity index is 2000. The summed E-state index contributed by atoms with van der Waals surface area (Å²) in [6.45, 7) is 0. The average Bonchev–Trinajstić information content (AvgIpc) is 3.01. The SMILES string of the molecule is O=C(C=Cc1ccncc1)Nc1cccc(-c2cccc(-n3c(=O)c(Cc4ccc[n+]([O-])c4)nc4cccnc43)c2)c1. The number of nitrogens with one attached hydrogen (secondary N) is 1. The topological polar surface area (TPSA) is 117 Å². The largest absolute Gasteiger partial charge is 0.619 e. The number of anilines is 1. The summed E-state index contributed by atoms with van der Waals surface area (Å²) in [4.78, 5) is 39.3. The second-order valence-electron chi connectivity index (χ2n) is 9.53. The molecule has 4 aromatic heterocycles. The molecule has 42 heavy (non-hydrogen) atoms. The first kappa shape index (κ1) is 26.3. The van der Waals surface area contributed by atoms with Gasteiger partial charge in [0.05, 0.1) is 5.69 Å². The van der Waals surface area contributed by atoms with Gasteiger partial charge in [-0.2, -0.15) is 4.73 Å². The van der Waals surface area contributed by atoms with E-state index in [0.717, 1.165) is 16.7 Å². The van der Waals surface area contributed by atoms with Gasteiger partial charge in [-0.3, -0.25) is 19.1 Å². The van der Waals surface area contributed by atoms with E-state index in [4.69, 9.17) is 0 Å². The predicted molar refractivity (Wildman–Crippen MR) is 161 cm³/mol. The zero-order valence-electron chi connectivity index (χ0n) is 22.3. The smallest absolute Gasteiger partial charge is 0.278 e. The van der Waals surface area contributed by atoms with Crippen LogP contribution in [0, 0.1) is 5.21 Å². The minimum absolute atomic E-state index is 0.198. The summed E-state index contributed by atoms with van der Waals surface area (Å²) in [5, 5.41) is 14.7. The highest BCUT2D eigenvalue weighted by atomic mass is 16.5. The van der Waals surface area contributed by atoms with Crippen LogP contribution in [0.15, 0.2) is 127 Å². The number of amides is 1. The van der Waals surface area contributed by atoms with Gasteiger partial charge in [0, 0.05) is 48.4 Å². The van der Waals surface area contributed by atoms with Crippen molar-refractivity contribution in [2.75, 3.05) is 5.32 Å². The van der Waals surface area contributed by atoms with Gasteiger partial charge in [0.2, 0.25) is 5.91 Å². The highest BCUT2D eigenvalue weighted by molar-refractivity contribution is 6.02. The van der Waals surface area contributed by atoms with Gasteiger partial charge in [0.25, 0.3) is 5.56 Å². The van der Waals surface area contributed by atoms with Crippen molar-refractivity contribution in [1.29, 1.82) is 0 Å². The van der Waals surface area contributed by atoms with Gasteiger partial charge in [-0.15, -0.1) is 0 Å². The number of carbonyl (C=O) groups excluding carboxylic acids is 1. The van der Waals surface area contributed by atoms with Crippen molar-refractivity contribution < 1.29 is 9.52 Å². The Balaban J connectivity index is 1.33. The maximum atomic E-state index is 13.8. The number of hydrogen-bond acceptors (Lipinski definition) is 6. The van der Waals surface area contributed by atoms with Crippen molar-refractivity contribution >= 4 is 28.8 Å². The second-order valence-corrected chi connectivity index (χ2v) is 9.53. The van der Waals surface area contributed by atoms with Crippen LogP contribution in [0.3, 0.4) is 0 Å². The molecule has 0 aliphatic carbocycles. The zero-order chi connectivity index (χ0) is 28.9. The number of carbonyl (C=O) groups is 1. The van der Waals surface area contributed by atoms with Crippen molar-refractivity contribution in [1.82, 2.24) is 19.5 Å². The third kappa shape index (κ3) is 5.80. The van der Waals surface area contributed by atoms with Crippen LogP contribution in [0.25, 0.3) is 34.1 Å². The van der Waals surface area contributed by atoms with E-state index in [9.17, 15) is 14.8 Å². The number of hydrogen-bond donors (Lipinski definition) is 1. The maximum Gasteiger partial charge on any atom is 0.278 e. The van der Waals surface area contributed by atoms with Gasteiger partial charge < -0.3 is 10.5 Å². The molecule has 0 saturated heterocycles. The van der Waals surface area contributed by atoms with E-state index in [1.165, 1.54) is 18.5 Å². The molecule has 0 saturated carbocycles. The van der Waals surface area contributed by atoms with Gasteiger partial charge in [-0.25, -0.2) is 9.97 Å². The number of fused-ring (bicyclic) bond motifs is 1. The number of pyridine rings is 3. The quantitative estimate of drug-likeness (QED) is 0.174. The highest BCUT2D eigenvalue weighted by Gasteiger charge is 2.15. The lowest BCUT2D eigenvalue weighted by atomic mass is 10.0. The normalized spacial score (nSPS) is 11.1. The van der Waals surface area contributed by atoms with Crippen LogP contribution < -0.4 is 15.6 Å². The second kappa shape index (κ2) is 11.6. The Morgan fingerprint density at radius 2 is 1.74 bits per heavy atom. The van der Waals surface area contributed by atoms with Gasteiger partial charge in [0.15, 0.2) is 18.0 Å². The fourth-order valence-corrected chi connectivity index (χ4v) is 4.65. The molecule has 1 amide bonds. The molecule has 0 spiro atoms. The van der Waals surface area contributed by atoms with Gasteiger partial charge >= 0.3 is 0 Å². The van der Waals surface area contributed by atoms with Crippen LogP contribution in [-0.4, -0.2) is 25.4 Å². The average molecular weight is 553 g/mol. The lowest BCUT2D eigenvalue weighted by Gasteiger charge is -2.13. The molecule has 6 aromatic rings. The van der Waals surface area contributed by atoms with E-state index in [2.05, 4.69) is 20.3 Å². The Morgan fingerprint density at radius 3 is 2.57 bits per heavy atom. The van der Waals surface area contributed by atoms with Crippen molar-refractivity contribution in [3.63, 3.8) is 0 Å². The molecule has 9 heteroatoms. The third-order valence-corrected chi connectivity index (χ3v) is 6.59. The fourth-order valence-electron chi connectivity index (χ4n) is 4.65. The minimum atomic E-state index is -0.318. The maximum absolute atomic E-state index is 13.8. The van der Waals surface area contributed by atoms with Gasteiger partial charge in [-0.05, 0) is 77.4 Å². The van der Waals surface area contributed by atoms with Crippen LogP contribution in [0.2, 0.25) is 0 Å². The van der Waals surface area contributed by atoms with Gasteiger partial charge in [0.1, 0.15) is 11.2 Å². The highest BCUT2D eigenvalue weighted by Crippen LogP contribution is 2.26. The van der Waals surface area contributed by atoms with Crippen LogP contribution >= 0.6 is 0 Å².